The highest BCUT2D eigenvalue weighted by molar-refractivity contribution is 5.88. The zero-order valence-electron chi connectivity index (χ0n) is 12.4. The van der Waals surface area contributed by atoms with Crippen molar-refractivity contribution in [2.24, 2.45) is 0 Å². The maximum absolute atomic E-state index is 11.6. The number of aromatic nitrogens is 1. The van der Waals surface area contributed by atoms with Crippen LogP contribution in [0.3, 0.4) is 0 Å². The molecule has 7 heteroatoms. The van der Waals surface area contributed by atoms with E-state index in [0.717, 1.165) is 19.3 Å². The molecule has 21 heavy (non-hydrogen) atoms. The van der Waals surface area contributed by atoms with Gasteiger partial charge in [0.25, 0.3) is 0 Å². The number of esters is 1. The van der Waals surface area contributed by atoms with Gasteiger partial charge in [0.2, 0.25) is 5.82 Å². The number of methoxy groups -OCH3 is 1. The molecule has 1 aromatic rings. The SMILES string of the molecule is COC(=O)c1ccc([N+](=O)[O-])c(N2[C@H](C)CCC[C@@H]2C)n1. The molecule has 0 aliphatic carbocycles. The Morgan fingerprint density at radius 3 is 2.52 bits per heavy atom. The summed E-state index contributed by atoms with van der Waals surface area (Å²) in [4.78, 5) is 28.5. The lowest BCUT2D eigenvalue weighted by molar-refractivity contribution is -0.384. The molecular weight excluding hydrogens is 274 g/mol. The van der Waals surface area contributed by atoms with Crippen LogP contribution in [-0.2, 0) is 4.74 Å². The molecule has 1 aliphatic rings. The van der Waals surface area contributed by atoms with Crippen LogP contribution in [0, 0.1) is 10.1 Å². The van der Waals surface area contributed by atoms with E-state index in [1.54, 1.807) is 0 Å². The van der Waals surface area contributed by atoms with Crippen LogP contribution in [0.25, 0.3) is 0 Å². The van der Waals surface area contributed by atoms with Gasteiger partial charge >= 0.3 is 11.7 Å². The molecule has 0 aromatic carbocycles. The molecule has 1 fully saturated rings. The summed E-state index contributed by atoms with van der Waals surface area (Å²) in [5.41, 5.74) is 0.00586. The molecule has 0 amide bonds. The summed E-state index contributed by atoms with van der Waals surface area (Å²) in [7, 11) is 1.26. The van der Waals surface area contributed by atoms with Crippen LogP contribution < -0.4 is 4.90 Å². The van der Waals surface area contributed by atoms with Gasteiger partial charge in [-0.2, -0.15) is 0 Å². The molecular formula is C14H19N3O4. The van der Waals surface area contributed by atoms with Crippen LogP contribution in [-0.4, -0.2) is 35.1 Å². The second-order valence-electron chi connectivity index (χ2n) is 5.32. The predicted molar refractivity (Wildman–Crippen MR) is 77.5 cm³/mol. The molecule has 1 aliphatic heterocycles. The zero-order valence-corrected chi connectivity index (χ0v) is 12.4. The molecule has 2 rings (SSSR count). The topological polar surface area (TPSA) is 85.6 Å². The fourth-order valence-corrected chi connectivity index (χ4v) is 2.83. The molecule has 0 radical (unpaired) electrons. The van der Waals surface area contributed by atoms with Crippen molar-refractivity contribution >= 4 is 17.5 Å². The van der Waals surface area contributed by atoms with Crippen molar-refractivity contribution in [3.05, 3.63) is 27.9 Å². The second kappa shape index (κ2) is 6.07. The van der Waals surface area contributed by atoms with Gasteiger partial charge in [-0.15, -0.1) is 0 Å². The third-order valence-electron chi connectivity index (χ3n) is 3.88. The summed E-state index contributed by atoms with van der Waals surface area (Å²) in [6.45, 7) is 4.04. The maximum atomic E-state index is 11.6. The number of piperidine rings is 1. The van der Waals surface area contributed by atoms with Gasteiger partial charge in [0.15, 0.2) is 5.69 Å². The summed E-state index contributed by atoms with van der Waals surface area (Å²) >= 11 is 0. The van der Waals surface area contributed by atoms with Crippen LogP contribution in [0.2, 0.25) is 0 Å². The number of pyridine rings is 1. The van der Waals surface area contributed by atoms with E-state index >= 15 is 0 Å². The van der Waals surface area contributed by atoms with Gasteiger partial charge in [0.05, 0.1) is 12.0 Å². The highest BCUT2D eigenvalue weighted by Gasteiger charge is 2.32. The minimum absolute atomic E-state index is 0.0803. The summed E-state index contributed by atoms with van der Waals surface area (Å²) in [5, 5.41) is 11.3. The number of hydrogen-bond acceptors (Lipinski definition) is 6. The summed E-state index contributed by atoms with van der Waals surface area (Å²) in [5.74, 6) is -0.342. The van der Waals surface area contributed by atoms with E-state index in [9.17, 15) is 14.9 Å². The first-order valence-corrected chi connectivity index (χ1v) is 6.97. The molecule has 2 heterocycles. The molecule has 1 aromatic heterocycles. The largest absolute Gasteiger partial charge is 0.464 e. The number of rotatable bonds is 3. The highest BCUT2D eigenvalue weighted by atomic mass is 16.6. The van der Waals surface area contributed by atoms with Gasteiger partial charge < -0.3 is 9.64 Å². The number of carbonyl (C=O) groups excluding carboxylic acids is 1. The monoisotopic (exact) mass is 293 g/mol. The zero-order chi connectivity index (χ0) is 15.6. The first kappa shape index (κ1) is 15.2. The molecule has 0 saturated carbocycles. The summed E-state index contributed by atoms with van der Waals surface area (Å²) < 4.78 is 4.64. The standard InChI is InChI=1S/C14H19N3O4/c1-9-5-4-6-10(2)16(9)13-12(17(19)20)8-7-11(15-13)14(18)21-3/h7-10H,4-6H2,1-3H3/t9-,10+. The van der Waals surface area contributed by atoms with E-state index in [0.29, 0.717) is 0 Å². The minimum atomic E-state index is -0.594. The summed E-state index contributed by atoms with van der Waals surface area (Å²) in [6, 6.07) is 2.94. The van der Waals surface area contributed by atoms with Gasteiger partial charge in [-0.3, -0.25) is 10.1 Å². The van der Waals surface area contributed by atoms with Crippen LogP contribution in [0.15, 0.2) is 12.1 Å². The molecule has 0 spiro atoms. The average Bonchev–Trinajstić information content (AvgIpc) is 2.46. The number of nitro groups is 1. The minimum Gasteiger partial charge on any atom is -0.464 e. The molecule has 0 unspecified atom stereocenters. The molecule has 1 saturated heterocycles. The molecule has 0 N–H and O–H groups in total. The fraction of sp³-hybridized carbons (Fsp3) is 0.571. The maximum Gasteiger partial charge on any atom is 0.356 e. The lowest BCUT2D eigenvalue weighted by Gasteiger charge is -2.39. The smallest absolute Gasteiger partial charge is 0.356 e. The number of carbonyl (C=O) groups is 1. The van der Waals surface area contributed by atoms with Crippen LogP contribution in [0.4, 0.5) is 11.5 Å². The van der Waals surface area contributed by atoms with Crippen molar-refractivity contribution in [2.75, 3.05) is 12.0 Å². The van der Waals surface area contributed by atoms with Gasteiger partial charge in [-0.1, -0.05) is 0 Å². The van der Waals surface area contributed by atoms with E-state index in [-0.39, 0.29) is 29.3 Å². The Bertz CT molecular complexity index is 551. The van der Waals surface area contributed by atoms with E-state index < -0.39 is 10.9 Å². The van der Waals surface area contributed by atoms with Crippen LogP contribution in [0.1, 0.15) is 43.6 Å². The van der Waals surface area contributed by atoms with E-state index in [2.05, 4.69) is 9.72 Å². The summed E-state index contributed by atoms with van der Waals surface area (Å²) in [6.07, 6.45) is 2.99. The molecule has 0 bridgehead atoms. The van der Waals surface area contributed by atoms with E-state index in [1.807, 2.05) is 18.7 Å². The van der Waals surface area contributed by atoms with E-state index in [4.69, 9.17) is 0 Å². The van der Waals surface area contributed by atoms with Crippen molar-refractivity contribution in [3.8, 4) is 0 Å². The van der Waals surface area contributed by atoms with Crippen LogP contribution in [0.5, 0.6) is 0 Å². The number of anilines is 1. The Balaban J connectivity index is 2.52. The van der Waals surface area contributed by atoms with Gasteiger partial charge in [0, 0.05) is 18.2 Å². The fourth-order valence-electron chi connectivity index (χ4n) is 2.83. The van der Waals surface area contributed by atoms with Crippen molar-refractivity contribution in [3.63, 3.8) is 0 Å². The van der Waals surface area contributed by atoms with Crippen molar-refractivity contribution in [1.29, 1.82) is 0 Å². The molecule has 7 nitrogen and oxygen atoms in total. The first-order valence-electron chi connectivity index (χ1n) is 6.97. The van der Waals surface area contributed by atoms with Crippen LogP contribution >= 0.6 is 0 Å². The second-order valence-corrected chi connectivity index (χ2v) is 5.32. The predicted octanol–water partition coefficient (Wildman–Crippen LogP) is 2.54. The first-order chi connectivity index (χ1) is 9.95. The normalized spacial score (nSPS) is 22.0. The molecule has 114 valence electrons. The third kappa shape index (κ3) is 2.96. The Labute approximate surface area is 123 Å². The number of nitrogens with zero attached hydrogens (tertiary/aromatic N) is 3. The van der Waals surface area contributed by atoms with Crippen molar-refractivity contribution < 1.29 is 14.5 Å². The lowest BCUT2D eigenvalue weighted by Crippen LogP contribution is -2.44. The van der Waals surface area contributed by atoms with Crippen molar-refractivity contribution in [2.45, 2.75) is 45.2 Å². The van der Waals surface area contributed by atoms with E-state index in [1.165, 1.54) is 19.2 Å². The van der Waals surface area contributed by atoms with Crippen molar-refractivity contribution in [1.82, 2.24) is 4.98 Å². The number of ether oxygens (including phenoxy) is 1. The Hall–Kier alpha value is -2.18. The van der Waals surface area contributed by atoms with Gasteiger partial charge in [-0.05, 0) is 39.2 Å². The molecule has 2 atom stereocenters. The lowest BCUT2D eigenvalue weighted by atomic mass is 9.97. The Morgan fingerprint density at radius 1 is 1.38 bits per heavy atom. The highest BCUT2D eigenvalue weighted by Crippen LogP contribution is 2.34. The third-order valence-corrected chi connectivity index (χ3v) is 3.88. The Morgan fingerprint density at radius 2 is 2.00 bits per heavy atom. The van der Waals surface area contributed by atoms with Gasteiger partial charge in [-0.25, -0.2) is 9.78 Å². The average molecular weight is 293 g/mol. The quantitative estimate of drug-likeness (QED) is 0.483. The Kier molecular flexibility index (Phi) is 4.40. The van der Waals surface area contributed by atoms with Gasteiger partial charge in [0.1, 0.15) is 0 Å². The number of hydrogen-bond donors (Lipinski definition) is 0.